The predicted molar refractivity (Wildman–Crippen MR) is 51.3 cm³/mol. The van der Waals surface area contributed by atoms with E-state index in [-0.39, 0.29) is 5.56 Å². The number of hydrogen-bond donors (Lipinski definition) is 3. The second kappa shape index (κ2) is 4.39. The number of hydrogen-bond acceptors (Lipinski definition) is 3. The van der Waals surface area contributed by atoms with Crippen LogP contribution >= 0.6 is 0 Å². The van der Waals surface area contributed by atoms with Gasteiger partial charge in [0.15, 0.2) is 11.6 Å². The zero-order valence-corrected chi connectivity index (χ0v) is 7.94. The number of aliphatic hydroxyl groups is 1. The van der Waals surface area contributed by atoms with Crippen LogP contribution in [0.4, 0.5) is 4.39 Å². The SMILES string of the molecule is CC[C@@H](N)[C@H](O)c1cccc(F)c1O. The maximum absolute atomic E-state index is 12.9. The van der Waals surface area contributed by atoms with Crippen molar-refractivity contribution in [1.29, 1.82) is 0 Å². The van der Waals surface area contributed by atoms with Crippen LogP contribution in [-0.2, 0) is 0 Å². The molecule has 0 spiro atoms. The van der Waals surface area contributed by atoms with E-state index in [9.17, 15) is 14.6 Å². The van der Waals surface area contributed by atoms with E-state index in [1.807, 2.05) is 6.92 Å². The minimum Gasteiger partial charge on any atom is -0.505 e. The van der Waals surface area contributed by atoms with Crippen molar-refractivity contribution in [2.75, 3.05) is 0 Å². The summed E-state index contributed by atoms with van der Waals surface area (Å²) in [6.07, 6.45) is -0.479. The molecule has 0 aliphatic heterocycles. The Morgan fingerprint density at radius 1 is 1.50 bits per heavy atom. The van der Waals surface area contributed by atoms with Crippen LogP contribution in [0, 0.1) is 5.82 Å². The molecule has 0 radical (unpaired) electrons. The summed E-state index contributed by atoms with van der Waals surface area (Å²) >= 11 is 0. The third kappa shape index (κ3) is 2.02. The molecule has 0 bridgehead atoms. The first-order chi connectivity index (χ1) is 6.57. The topological polar surface area (TPSA) is 66.5 Å². The van der Waals surface area contributed by atoms with Crippen molar-refractivity contribution in [2.45, 2.75) is 25.5 Å². The van der Waals surface area contributed by atoms with E-state index in [1.54, 1.807) is 0 Å². The highest BCUT2D eigenvalue weighted by Gasteiger charge is 2.19. The Kier molecular flexibility index (Phi) is 3.43. The van der Waals surface area contributed by atoms with Gasteiger partial charge in [-0.25, -0.2) is 4.39 Å². The number of halogens is 1. The second-order valence-electron chi connectivity index (χ2n) is 3.19. The molecular weight excluding hydrogens is 185 g/mol. The number of phenolic OH excluding ortho intramolecular Hbond substituents is 1. The lowest BCUT2D eigenvalue weighted by Gasteiger charge is -2.18. The number of nitrogens with two attached hydrogens (primary N) is 1. The van der Waals surface area contributed by atoms with Crippen LogP contribution in [0.1, 0.15) is 25.0 Å². The fourth-order valence-electron chi connectivity index (χ4n) is 1.22. The van der Waals surface area contributed by atoms with Gasteiger partial charge in [-0.05, 0) is 12.5 Å². The van der Waals surface area contributed by atoms with Crippen LogP contribution < -0.4 is 5.73 Å². The molecule has 1 rings (SSSR count). The van der Waals surface area contributed by atoms with Gasteiger partial charge in [0.05, 0.1) is 6.10 Å². The van der Waals surface area contributed by atoms with E-state index in [1.165, 1.54) is 12.1 Å². The molecule has 0 unspecified atom stereocenters. The van der Waals surface area contributed by atoms with Crippen LogP contribution in [0.25, 0.3) is 0 Å². The third-order valence-corrected chi connectivity index (χ3v) is 2.21. The summed E-state index contributed by atoms with van der Waals surface area (Å²) in [5.41, 5.74) is 5.72. The largest absolute Gasteiger partial charge is 0.505 e. The summed E-state index contributed by atoms with van der Waals surface area (Å²) in [7, 11) is 0. The van der Waals surface area contributed by atoms with Crippen molar-refractivity contribution in [2.24, 2.45) is 5.73 Å². The molecule has 0 aliphatic carbocycles. The fraction of sp³-hybridized carbons (Fsp3) is 0.400. The van der Waals surface area contributed by atoms with Crippen molar-refractivity contribution in [1.82, 2.24) is 0 Å². The summed E-state index contributed by atoms with van der Waals surface area (Å²) in [5.74, 6) is -1.27. The van der Waals surface area contributed by atoms with Crippen LogP contribution in [-0.4, -0.2) is 16.3 Å². The number of para-hydroxylation sites is 1. The van der Waals surface area contributed by atoms with Gasteiger partial charge in [0.2, 0.25) is 0 Å². The second-order valence-corrected chi connectivity index (χ2v) is 3.19. The molecule has 4 heteroatoms. The molecule has 4 N–H and O–H groups in total. The Hall–Kier alpha value is -1.13. The molecule has 14 heavy (non-hydrogen) atoms. The first-order valence-electron chi connectivity index (χ1n) is 4.49. The zero-order valence-electron chi connectivity index (χ0n) is 7.94. The Morgan fingerprint density at radius 2 is 2.14 bits per heavy atom. The van der Waals surface area contributed by atoms with Crippen molar-refractivity contribution >= 4 is 0 Å². The first kappa shape index (κ1) is 10.9. The van der Waals surface area contributed by atoms with Gasteiger partial charge >= 0.3 is 0 Å². The van der Waals surface area contributed by atoms with E-state index < -0.39 is 23.7 Å². The van der Waals surface area contributed by atoms with Gasteiger partial charge in [0.25, 0.3) is 0 Å². The predicted octanol–water partition coefficient (Wildman–Crippen LogP) is 1.30. The normalized spacial score (nSPS) is 15.1. The van der Waals surface area contributed by atoms with Gasteiger partial charge in [-0.15, -0.1) is 0 Å². The molecule has 2 atom stereocenters. The number of aliphatic hydroxyl groups excluding tert-OH is 1. The Bertz CT molecular complexity index is 317. The van der Waals surface area contributed by atoms with E-state index in [4.69, 9.17) is 5.73 Å². The molecule has 3 nitrogen and oxygen atoms in total. The summed E-state index contributed by atoms with van der Waals surface area (Å²) in [4.78, 5) is 0. The standard InChI is InChI=1S/C10H14FNO2/c1-2-8(12)10(14)6-4-3-5-7(11)9(6)13/h3-5,8,10,13-14H,2,12H2,1H3/t8-,10-/m1/s1. The van der Waals surface area contributed by atoms with E-state index in [0.717, 1.165) is 6.07 Å². The average Bonchev–Trinajstić information content (AvgIpc) is 2.20. The highest BCUT2D eigenvalue weighted by molar-refractivity contribution is 5.35. The van der Waals surface area contributed by atoms with Gasteiger partial charge in [0.1, 0.15) is 0 Å². The summed E-state index contributed by atoms with van der Waals surface area (Å²) in [6.45, 7) is 1.81. The molecule has 1 aromatic carbocycles. The molecule has 0 saturated carbocycles. The van der Waals surface area contributed by atoms with Crippen LogP contribution in [0.15, 0.2) is 18.2 Å². The monoisotopic (exact) mass is 199 g/mol. The smallest absolute Gasteiger partial charge is 0.165 e. The minimum atomic E-state index is -1.03. The molecule has 0 aliphatic rings. The molecule has 1 aromatic rings. The van der Waals surface area contributed by atoms with E-state index in [0.29, 0.717) is 6.42 Å². The maximum Gasteiger partial charge on any atom is 0.165 e. The number of phenols is 1. The molecule has 78 valence electrons. The van der Waals surface area contributed by atoms with E-state index >= 15 is 0 Å². The van der Waals surface area contributed by atoms with Crippen LogP contribution in [0.3, 0.4) is 0 Å². The van der Waals surface area contributed by atoms with Crippen molar-refractivity contribution in [3.8, 4) is 5.75 Å². The zero-order chi connectivity index (χ0) is 10.7. The summed E-state index contributed by atoms with van der Waals surface area (Å²) < 4.78 is 12.9. The quantitative estimate of drug-likeness (QED) is 0.687. The third-order valence-electron chi connectivity index (χ3n) is 2.21. The molecule has 0 saturated heterocycles. The molecule has 0 amide bonds. The molecule has 0 fully saturated rings. The molecule has 0 heterocycles. The fourth-order valence-corrected chi connectivity index (χ4v) is 1.22. The van der Waals surface area contributed by atoms with Crippen molar-refractivity contribution in [3.05, 3.63) is 29.6 Å². The Morgan fingerprint density at radius 3 is 2.71 bits per heavy atom. The average molecular weight is 199 g/mol. The Balaban J connectivity index is 3.01. The highest BCUT2D eigenvalue weighted by atomic mass is 19.1. The number of rotatable bonds is 3. The van der Waals surface area contributed by atoms with Crippen LogP contribution in [0.2, 0.25) is 0 Å². The van der Waals surface area contributed by atoms with Gasteiger partial charge in [0, 0.05) is 11.6 Å². The van der Waals surface area contributed by atoms with Crippen molar-refractivity contribution < 1.29 is 14.6 Å². The highest BCUT2D eigenvalue weighted by Crippen LogP contribution is 2.28. The summed E-state index contributed by atoms with van der Waals surface area (Å²) in [5, 5.41) is 19.0. The minimum absolute atomic E-state index is 0.138. The van der Waals surface area contributed by atoms with Gasteiger partial charge in [-0.2, -0.15) is 0 Å². The van der Waals surface area contributed by atoms with Gasteiger partial charge < -0.3 is 15.9 Å². The van der Waals surface area contributed by atoms with Gasteiger partial charge in [-0.1, -0.05) is 19.1 Å². The summed E-state index contributed by atoms with van der Waals surface area (Å²) in [6, 6.07) is 3.51. The number of aromatic hydroxyl groups is 1. The van der Waals surface area contributed by atoms with Crippen LogP contribution in [0.5, 0.6) is 5.75 Å². The first-order valence-corrected chi connectivity index (χ1v) is 4.49. The molecule has 0 aromatic heterocycles. The lowest BCUT2D eigenvalue weighted by molar-refractivity contribution is 0.140. The van der Waals surface area contributed by atoms with Crippen molar-refractivity contribution in [3.63, 3.8) is 0 Å². The Labute approximate surface area is 82.0 Å². The van der Waals surface area contributed by atoms with E-state index in [2.05, 4.69) is 0 Å². The maximum atomic E-state index is 12.9. The lowest BCUT2D eigenvalue weighted by Crippen LogP contribution is -2.27. The van der Waals surface area contributed by atoms with Gasteiger partial charge in [-0.3, -0.25) is 0 Å². The lowest BCUT2D eigenvalue weighted by atomic mass is 10.00. The number of benzene rings is 1. The molecular formula is C10H14FNO2.